The molecule has 236 valence electrons. The normalized spacial score (nSPS) is 11.1. The smallest absolute Gasteiger partial charge is 0.335 e. The third-order valence-corrected chi connectivity index (χ3v) is 4.96. The van der Waals surface area contributed by atoms with Crippen molar-refractivity contribution in [2.75, 3.05) is 6.54 Å². The van der Waals surface area contributed by atoms with Gasteiger partial charge in [-0.1, -0.05) is 32.0 Å². The number of aromatic carboxylic acids is 1. The van der Waals surface area contributed by atoms with Crippen LogP contribution < -0.4 is 27.7 Å². The summed E-state index contributed by atoms with van der Waals surface area (Å²) in [6.07, 6.45) is 4.59. The van der Waals surface area contributed by atoms with Gasteiger partial charge in [0.1, 0.15) is 29.3 Å². The fraction of sp³-hybridized carbons (Fsp3) is 0.345. The van der Waals surface area contributed by atoms with Gasteiger partial charge in [-0.25, -0.2) is 9.78 Å². The van der Waals surface area contributed by atoms with Gasteiger partial charge in [0.2, 0.25) is 0 Å². The molecule has 2 atom stereocenters. The number of nitrogens with zero attached hydrogens (tertiary/aromatic N) is 2. The zero-order chi connectivity index (χ0) is 32.8. The van der Waals surface area contributed by atoms with Crippen LogP contribution in [0, 0.1) is 12.8 Å². The number of aromatic nitrogens is 1. The Hall–Kier alpha value is -4.95. The highest BCUT2D eigenvalue weighted by molar-refractivity contribution is 5.87. The summed E-state index contributed by atoms with van der Waals surface area (Å²) in [4.78, 5) is 38.3. The van der Waals surface area contributed by atoms with Crippen LogP contribution in [-0.2, 0) is 9.59 Å². The number of guanidine groups is 1. The van der Waals surface area contributed by atoms with Crippen molar-refractivity contribution in [3.63, 3.8) is 0 Å². The van der Waals surface area contributed by atoms with E-state index in [1.807, 2.05) is 51.1 Å². The minimum absolute atomic E-state index is 0.0129. The molecule has 0 fully saturated rings. The van der Waals surface area contributed by atoms with Gasteiger partial charge in [-0.05, 0) is 68.5 Å². The van der Waals surface area contributed by atoms with Gasteiger partial charge in [-0.2, -0.15) is 0 Å². The molecular weight excluding hydrogens is 560 g/mol. The number of carboxylic acids is 3. The van der Waals surface area contributed by atoms with Crippen molar-refractivity contribution in [3.8, 4) is 11.5 Å². The molecule has 0 radical (unpaired) electrons. The number of hydrogen-bond donors (Lipinski definition) is 7. The first-order valence-corrected chi connectivity index (χ1v) is 13.2. The lowest BCUT2D eigenvalue weighted by Gasteiger charge is -2.07. The van der Waals surface area contributed by atoms with Gasteiger partial charge < -0.3 is 47.4 Å². The summed E-state index contributed by atoms with van der Waals surface area (Å²) in [5.74, 6) is -0.276. The number of carboxylic acid groups (broad SMARTS) is 3. The lowest BCUT2D eigenvalue weighted by atomic mass is 10.1. The van der Waals surface area contributed by atoms with Crippen LogP contribution in [0.4, 0.5) is 0 Å². The van der Waals surface area contributed by atoms with Crippen LogP contribution in [0.2, 0.25) is 0 Å². The fourth-order valence-corrected chi connectivity index (χ4v) is 2.82. The van der Waals surface area contributed by atoms with E-state index in [1.54, 1.807) is 18.3 Å². The molecule has 14 heteroatoms. The number of benzene rings is 2. The number of nitrogens with two attached hydrogens (primary N) is 4. The SMILES string of the molecule is CC(C)C[C@H](N)C(=O)O.Cc1cnco1.NC(N)=NCCC[C@H](N)C(=O)O.O=C(O)c1ccc(Oc2ccccc2)cc1. The van der Waals surface area contributed by atoms with Crippen LogP contribution in [0.1, 0.15) is 49.2 Å². The molecule has 0 unspecified atom stereocenters. The lowest BCUT2D eigenvalue weighted by molar-refractivity contribution is -0.139. The lowest BCUT2D eigenvalue weighted by Crippen LogP contribution is -2.31. The number of ether oxygens (including phenoxy) is 1. The standard InChI is InChI=1S/C13H10O3.C6H14N4O2.C6H13NO2.C4H5NO/c14-13(15)10-6-8-12(9-7-10)16-11-4-2-1-3-5-11;7-4(5(11)12)2-1-3-10-6(8)9;1-4(2)3-5(7)6(8)9;1-4-2-5-3-6-4/h1-9H,(H,14,15);4H,1-3,7H2,(H,11,12)(H4,8,9,10);4-5H,3,7H2,1-2H3,(H,8,9);2-3H,1H3/t;4-;5-;/m.00./s1. The summed E-state index contributed by atoms with van der Waals surface area (Å²) < 4.78 is 10.2. The second-order valence-corrected chi connectivity index (χ2v) is 9.32. The van der Waals surface area contributed by atoms with Crippen LogP contribution in [-0.4, -0.2) is 62.8 Å². The van der Waals surface area contributed by atoms with Crippen molar-refractivity contribution in [3.05, 3.63) is 78.5 Å². The van der Waals surface area contributed by atoms with Gasteiger partial charge in [-0.15, -0.1) is 0 Å². The van der Waals surface area contributed by atoms with E-state index in [0.717, 1.165) is 11.5 Å². The van der Waals surface area contributed by atoms with Crippen molar-refractivity contribution in [1.82, 2.24) is 4.98 Å². The molecule has 3 aromatic rings. The molecule has 0 amide bonds. The quantitative estimate of drug-likeness (QED) is 0.0946. The number of hydrogen-bond acceptors (Lipinski definition) is 9. The summed E-state index contributed by atoms with van der Waals surface area (Å²) in [5.41, 5.74) is 20.8. The number of carbonyl (C=O) groups is 3. The zero-order valence-electron chi connectivity index (χ0n) is 24.5. The molecule has 11 N–H and O–H groups in total. The second-order valence-electron chi connectivity index (χ2n) is 9.32. The van der Waals surface area contributed by atoms with E-state index in [4.69, 9.17) is 47.4 Å². The Morgan fingerprint density at radius 1 is 0.907 bits per heavy atom. The predicted molar refractivity (Wildman–Crippen MR) is 162 cm³/mol. The highest BCUT2D eigenvalue weighted by atomic mass is 16.5. The predicted octanol–water partition coefficient (Wildman–Crippen LogP) is 3.06. The first kappa shape index (κ1) is 38.0. The molecule has 2 aromatic carbocycles. The summed E-state index contributed by atoms with van der Waals surface area (Å²) in [6.45, 7) is 6.17. The molecule has 1 heterocycles. The highest BCUT2D eigenvalue weighted by Gasteiger charge is 2.12. The van der Waals surface area contributed by atoms with Crippen LogP contribution >= 0.6 is 0 Å². The summed E-state index contributed by atoms with van der Waals surface area (Å²) in [7, 11) is 0. The second kappa shape index (κ2) is 21.8. The number of rotatable bonds is 11. The van der Waals surface area contributed by atoms with Gasteiger partial charge in [0.15, 0.2) is 12.4 Å². The molecule has 0 saturated heterocycles. The molecular formula is C29H42N6O8. The number of aliphatic carboxylic acids is 2. The Kier molecular flexibility index (Phi) is 19.2. The Morgan fingerprint density at radius 3 is 1.84 bits per heavy atom. The van der Waals surface area contributed by atoms with E-state index in [9.17, 15) is 14.4 Å². The van der Waals surface area contributed by atoms with E-state index in [-0.39, 0.29) is 11.5 Å². The minimum atomic E-state index is -1.00. The Morgan fingerprint density at radius 2 is 1.47 bits per heavy atom. The van der Waals surface area contributed by atoms with Gasteiger partial charge in [0.05, 0.1) is 11.8 Å². The topological polar surface area (TPSA) is 264 Å². The number of oxazole rings is 1. The Labute approximate surface area is 250 Å². The fourth-order valence-electron chi connectivity index (χ4n) is 2.82. The summed E-state index contributed by atoms with van der Waals surface area (Å²) in [6, 6.07) is 14.1. The van der Waals surface area contributed by atoms with Gasteiger partial charge in [0.25, 0.3) is 0 Å². The van der Waals surface area contributed by atoms with Crippen molar-refractivity contribution in [2.45, 2.75) is 52.1 Å². The number of aryl methyl sites for hydroxylation is 1. The molecule has 0 saturated carbocycles. The van der Waals surface area contributed by atoms with E-state index in [2.05, 4.69) is 9.98 Å². The van der Waals surface area contributed by atoms with Gasteiger partial charge >= 0.3 is 17.9 Å². The molecule has 1 aromatic heterocycles. The van der Waals surface area contributed by atoms with Crippen molar-refractivity contribution < 1.29 is 38.9 Å². The molecule has 3 rings (SSSR count). The van der Waals surface area contributed by atoms with Crippen molar-refractivity contribution in [2.24, 2.45) is 33.8 Å². The molecule has 0 aliphatic heterocycles. The molecule has 0 bridgehead atoms. The van der Waals surface area contributed by atoms with E-state index < -0.39 is 30.0 Å². The van der Waals surface area contributed by atoms with E-state index >= 15 is 0 Å². The van der Waals surface area contributed by atoms with Crippen molar-refractivity contribution in [1.29, 1.82) is 0 Å². The average molecular weight is 603 g/mol. The highest BCUT2D eigenvalue weighted by Crippen LogP contribution is 2.21. The van der Waals surface area contributed by atoms with Gasteiger partial charge in [0, 0.05) is 6.54 Å². The number of para-hydroxylation sites is 1. The Balaban J connectivity index is 0.000000580. The third kappa shape index (κ3) is 20.6. The average Bonchev–Trinajstić information content (AvgIpc) is 3.43. The largest absolute Gasteiger partial charge is 0.480 e. The van der Waals surface area contributed by atoms with Crippen LogP contribution in [0.3, 0.4) is 0 Å². The molecule has 0 spiro atoms. The van der Waals surface area contributed by atoms with Crippen LogP contribution in [0.15, 0.2) is 76.6 Å². The molecule has 14 nitrogen and oxygen atoms in total. The number of aliphatic imine (C=N–C) groups is 1. The van der Waals surface area contributed by atoms with Crippen LogP contribution in [0.25, 0.3) is 0 Å². The summed E-state index contributed by atoms with van der Waals surface area (Å²) >= 11 is 0. The van der Waals surface area contributed by atoms with Crippen molar-refractivity contribution >= 4 is 23.9 Å². The monoisotopic (exact) mass is 602 g/mol. The van der Waals surface area contributed by atoms with E-state index in [1.165, 1.54) is 18.5 Å². The Bertz CT molecular complexity index is 1220. The van der Waals surface area contributed by atoms with Gasteiger partial charge in [-0.3, -0.25) is 14.6 Å². The van der Waals surface area contributed by atoms with E-state index in [0.29, 0.717) is 37.5 Å². The minimum Gasteiger partial charge on any atom is -0.480 e. The molecule has 0 aliphatic carbocycles. The third-order valence-electron chi connectivity index (χ3n) is 4.96. The molecule has 0 aliphatic rings. The maximum atomic E-state index is 10.6. The maximum Gasteiger partial charge on any atom is 0.335 e. The van der Waals surface area contributed by atoms with Crippen LogP contribution in [0.5, 0.6) is 11.5 Å². The summed E-state index contributed by atoms with van der Waals surface area (Å²) in [5, 5.41) is 25.4. The zero-order valence-corrected chi connectivity index (χ0v) is 24.5. The first-order chi connectivity index (χ1) is 20.2. The maximum absolute atomic E-state index is 10.6. The first-order valence-electron chi connectivity index (χ1n) is 13.2. The molecule has 43 heavy (non-hydrogen) atoms.